The van der Waals surface area contributed by atoms with E-state index in [-0.39, 0.29) is 17.9 Å². The van der Waals surface area contributed by atoms with E-state index < -0.39 is 23.6 Å². The molecule has 1 saturated heterocycles. The normalized spacial score (nSPS) is 15.8. The number of carbonyl (C=O) groups excluding carboxylic acids is 3. The Hall–Kier alpha value is -2.55. The van der Waals surface area contributed by atoms with E-state index in [4.69, 9.17) is 24.7 Å². The Morgan fingerprint density at radius 2 is 1.85 bits per heavy atom. The van der Waals surface area contributed by atoms with Gasteiger partial charge in [0.1, 0.15) is 5.57 Å². The Labute approximate surface area is 158 Å². The summed E-state index contributed by atoms with van der Waals surface area (Å²) in [5, 5.41) is 0. The van der Waals surface area contributed by atoms with Gasteiger partial charge in [-0.1, -0.05) is 0 Å². The van der Waals surface area contributed by atoms with Gasteiger partial charge < -0.3 is 24.7 Å². The molecule has 1 heterocycles. The highest BCUT2D eigenvalue weighted by Gasteiger charge is 2.38. The summed E-state index contributed by atoms with van der Waals surface area (Å²) in [5.74, 6) is -2.92. The average molecular weight is 428 g/mol. The van der Waals surface area contributed by atoms with E-state index in [9.17, 15) is 14.4 Å². The molecule has 8 nitrogen and oxygen atoms in total. The van der Waals surface area contributed by atoms with Gasteiger partial charge in [0, 0.05) is 13.8 Å². The molecule has 0 aromatic heterocycles. The van der Waals surface area contributed by atoms with Crippen molar-refractivity contribution < 1.29 is 33.3 Å². The minimum Gasteiger partial charge on any atom is -0.490 e. The number of primary amides is 1. The number of halogens is 1. The third-order valence-electron chi connectivity index (χ3n) is 3.12. The van der Waals surface area contributed by atoms with Gasteiger partial charge in [-0.2, -0.15) is 0 Å². The standard InChI is InChI=1S/C17H18BrNO7/c1-4-23-12-7-9(6-11(18)14(12)24-8-13(19)20)5-10-15(21)25-17(2,3)26-16(10)22/h5-7H,4,8H2,1-3H3,(H2,19,20). The van der Waals surface area contributed by atoms with Crippen molar-refractivity contribution in [2.45, 2.75) is 26.6 Å². The first-order valence-electron chi connectivity index (χ1n) is 7.68. The monoisotopic (exact) mass is 427 g/mol. The van der Waals surface area contributed by atoms with Gasteiger partial charge in [-0.05, 0) is 46.6 Å². The van der Waals surface area contributed by atoms with E-state index in [2.05, 4.69) is 15.9 Å². The van der Waals surface area contributed by atoms with Crippen LogP contribution < -0.4 is 15.2 Å². The first-order chi connectivity index (χ1) is 12.1. The van der Waals surface area contributed by atoms with Crippen LogP contribution in [-0.2, 0) is 23.9 Å². The van der Waals surface area contributed by atoms with Crippen molar-refractivity contribution >= 4 is 39.9 Å². The minimum atomic E-state index is -1.31. The van der Waals surface area contributed by atoms with Gasteiger partial charge in [0.25, 0.3) is 11.7 Å². The zero-order valence-corrected chi connectivity index (χ0v) is 16.0. The summed E-state index contributed by atoms with van der Waals surface area (Å²) in [4.78, 5) is 35.0. The van der Waals surface area contributed by atoms with E-state index in [1.165, 1.54) is 19.9 Å². The van der Waals surface area contributed by atoms with Crippen LogP contribution in [0.2, 0.25) is 0 Å². The smallest absolute Gasteiger partial charge is 0.348 e. The van der Waals surface area contributed by atoms with Gasteiger partial charge in [0.05, 0.1) is 11.1 Å². The maximum Gasteiger partial charge on any atom is 0.348 e. The fourth-order valence-electron chi connectivity index (χ4n) is 2.16. The molecule has 0 bridgehead atoms. The number of esters is 2. The quantitative estimate of drug-likeness (QED) is 0.418. The molecule has 1 fully saturated rings. The lowest BCUT2D eigenvalue weighted by atomic mass is 10.1. The van der Waals surface area contributed by atoms with Crippen LogP contribution in [0.15, 0.2) is 22.2 Å². The molecular formula is C17H18BrNO7. The van der Waals surface area contributed by atoms with Crippen molar-refractivity contribution in [2.24, 2.45) is 5.73 Å². The molecule has 9 heteroatoms. The number of amides is 1. The molecule has 0 saturated carbocycles. The van der Waals surface area contributed by atoms with Crippen molar-refractivity contribution in [1.82, 2.24) is 0 Å². The molecule has 2 rings (SSSR count). The van der Waals surface area contributed by atoms with Crippen molar-refractivity contribution in [3.8, 4) is 11.5 Å². The van der Waals surface area contributed by atoms with E-state index in [0.29, 0.717) is 22.4 Å². The molecule has 26 heavy (non-hydrogen) atoms. The van der Waals surface area contributed by atoms with Crippen LogP contribution in [0.3, 0.4) is 0 Å². The Balaban J connectivity index is 2.39. The summed E-state index contributed by atoms with van der Waals surface area (Å²) < 4.78 is 21.4. The van der Waals surface area contributed by atoms with Crippen LogP contribution in [0.5, 0.6) is 11.5 Å². The van der Waals surface area contributed by atoms with Crippen LogP contribution in [0, 0.1) is 0 Å². The largest absolute Gasteiger partial charge is 0.490 e. The highest BCUT2D eigenvalue weighted by atomic mass is 79.9. The van der Waals surface area contributed by atoms with Crippen LogP contribution >= 0.6 is 15.9 Å². The number of benzene rings is 1. The van der Waals surface area contributed by atoms with Crippen molar-refractivity contribution in [3.05, 3.63) is 27.7 Å². The van der Waals surface area contributed by atoms with Gasteiger partial charge in [-0.3, -0.25) is 4.79 Å². The summed E-state index contributed by atoms with van der Waals surface area (Å²) in [6.45, 7) is 4.71. The van der Waals surface area contributed by atoms with E-state index in [1.54, 1.807) is 19.1 Å². The summed E-state index contributed by atoms with van der Waals surface area (Å²) in [7, 11) is 0. The van der Waals surface area contributed by atoms with E-state index in [0.717, 1.165) is 0 Å². The zero-order chi connectivity index (χ0) is 19.5. The predicted octanol–water partition coefficient (Wildman–Crippen LogP) is 1.93. The molecule has 2 N–H and O–H groups in total. The van der Waals surface area contributed by atoms with E-state index in [1.807, 2.05) is 0 Å². The molecule has 1 amide bonds. The molecule has 0 radical (unpaired) electrons. The second-order valence-corrected chi connectivity index (χ2v) is 6.61. The average Bonchev–Trinajstić information content (AvgIpc) is 2.49. The van der Waals surface area contributed by atoms with Crippen LogP contribution in [0.1, 0.15) is 26.3 Å². The maximum atomic E-state index is 12.1. The summed E-state index contributed by atoms with van der Waals surface area (Å²) >= 11 is 3.31. The summed E-state index contributed by atoms with van der Waals surface area (Å²) in [6.07, 6.45) is 1.32. The topological polar surface area (TPSA) is 114 Å². The first kappa shape index (κ1) is 19.8. The van der Waals surface area contributed by atoms with Gasteiger partial charge in [-0.15, -0.1) is 0 Å². The lowest BCUT2D eigenvalue weighted by Gasteiger charge is -2.29. The summed E-state index contributed by atoms with van der Waals surface area (Å²) in [6, 6.07) is 3.14. The van der Waals surface area contributed by atoms with Crippen LogP contribution in [-0.4, -0.2) is 36.8 Å². The lowest BCUT2D eigenvalue weighted by molar-refractivity contribution is -0.222. The first-order valence-corrected chi connectivity index (χ1v) is 8.48. The Bertz CT molecular complexity index is 764. The van der Waals surface area contributed by atoms with Crippen molar-refractivity contribution in [1.29, 1.82) is 0 Å². The highest BCUT2D eigenvalue weighted by molar-refractivity contribution is 9.10. The molecule has 1 aromatic rings. The Morgan fingerprint density at radius 1 is 1.23 bits per heavy atom. The molecule has 0 unspecified atom stereocenters. The minimum absolute atomic E-state index is 0.246. The molecule has 140 valence electrons. The zero-order valence-electron chi connectivity index (χ0n) is 14.5. The fraction of sp³-hybridized carbons (Fsp3) is 0.353. The van der Waals surface area contributed by atoms with Crippen LogP contribution in [0.4, 0.5) is 0 Å². The van der Waals surface area contributed by atoms with Gasteiger partial charge in [0.15, 0.2) is 18.1 Å². The number of rotatable bonds is 6. The second-order valence-electron chi connectivity index (χ2n) is 5.75. The predicted molar refractivity (Wildman–Crippen MR) is 94.2 cm³/mol. The Morgan fingerprint density at radius 3 is 2.38 bits per heavy atom. The van der Waals surface area contributed by atoms with Gasteiger partial charge in [-0.25, -0.2) is 9.59 Å². The van der Waals surface area contributed by atoms with Gasteiger partial charge >= 0.3 is 11.9 Å². The number of ether oxygens (including phenoxy) is 4. The van der Waals surface area contributed by atoms with Gasteiger partial charge in [0.2, 0.25) is 0 Å². The molecule has 1 aliphatic rings. The number of hydrogen-bond acceptors (Lipinski definition) is 7. The number of carbonyl (C=O) groups is 3. The SMILES string of the molecule is CCOc1cc(C=C2C(=O)OC(C)(C)OC2=O)cc(Br)c1OCC(N)=O. The third-order valence-corrected chi connectivity index (χ3v) is 3.71. The third kappa shape index (κ3) is 4.75. The van der Waals surface area contributed by atoms with E-state index >= 15 is 0 Å². The molecule has 0 spiro atoms. The number of hydrogen-bond donors (Lipinski definition) is 1. The Kier molecular flexibility index (Phi) is 5.91. The molecule has 0 aliphatic carbocycles. The van der Waals surface area contributed by atoms with Crippen molar-refractivity contribution in [2.75, 3.05) is 13.2 Å². The highest BCUT2D eigenvalue weighted by Crippen LogP contribution is 2.38. The molecular weight excluding hydrogens is 410 g/mol. The number of cyclic esters (lactones) is 2. The van der Waals surface area contributed by atoms with Crippen molar-refractivity contribution in [3.63, 3.8) is 0 Å². The maximum absolute atomic E-state index is 12.1. The molecule has 1 aliphatic heterocycles. The lowest BCUT2D eigenvalue weighted by Crippen LogP contribution is -2.41. The van der Waals surface area contributed by atoms with Crippen LogP contribution in [0.25, 0.3) is 6.08 Å². The number of nitrogens with two attached hydrogens (primary N) is 1. The summed E-state index contributed by atoms with van der Waals surface area (Å²) in [5.41, 5.74) is 5.31. The second kappa shape index (κ2) is 7.77. The fourth-order valence-corrected chi connectivity index (χ4v) is 2.74. The molecule has 1 aromatic carbocycles. The molecule has 0 atom stereocenters.